The predicted molar refractivity (Wildman–Crippen MR) is 261 cm³/mol. The third kappa shape index (κ3) is 9.94. The Morgan fingerprint density at radius 3 is 0.871 bits per heavy atom. The first kappa shape index (κ1) is 42.7. The molecule has 0 aliphatic heterocycles. The van der Waals surface area contributed by atoms with Crippen LogP contribution in [-0.2, 0) is 0 Å². The minimum absolute atomic E-state index is 0.0749. The molecule has 6 heteroatoms. The SMILES string of the molecule is CCN(CC)C(=O)c1cc(/C=C/c2ccc(N(c3ccccc3)c3ccccc3)cc2)c(C(=O)N(CC)CC)cc1/C=C/c1ccc(N(c2ccccc2)c2ccccc2)cc1. The maximum atomic E-state index is 14.3. The normalized spacial score (nSPS) is 11.2. The van der Waals surface area contributed by atoms with Gasteiger partial charge in [-0.3, -0.25) is 9.59 Å². The van der Waals surface area contributed by atoms with E-state index in [9.17, 15) is 9.59 Å². The Hall–Kier alpha value is -7.44. The molecule has 0 saturated heterocycles. The Morgan fingerprint density at radius 2 is 0.613 bits per heavy atom. The van der Waals surface area contributed by atoms with Crippen LogP contribution in [0.25, 0.3) is 24.3 Å². The number of carbonyl (C=O) groups excluding carboxylic acids is 2. The summed E-state index contributed by atoms with van der Waals surface area (Å²) < 4.78 is 0. The second kappa shape index (κ2) is 20.7. The summed E-state index contributed by atoms with van der Waals surface area (Å²) in [6, 6.07) is 61.9. The number of carbonyl (C=O) groups is 2. The van der Waals surface area contributed by atoms with E-state index >= 15 is 0 Å². The number of anilines is 6. The zero-order chi connectivity index (χ0) is 43.3. The van der Waals surface area contributed by atoms with Crippen molar-refractivity contribution in [2.24, 2.45) is 0 Å². The quantitative estimate of drug-likeness (QED) is 0.0912. The zero-order valence-corrected chi connectivity index (χ0v) is 36.1. The summed E-state index contributed by atoms with van der Waals surface area (Å²) >= 11 is 0. The molecule has 0 bridgehead atoms. The molecule has 2 amide bonds. The van der Waals surface area contributed by atoms with Gasteiger partial charge in [-0.2, -0.15) is 0 Å². The van der Waals surface area contributed by atoms with Crippen molar-refractivity contribution in [3.63, 3.8) is 0 Å². The summed E-state index contributed by atoms with van der Waals surface area (Å²) in [5, 5.41) is 0. The highest BCUT2D eigenvalue weighted by atomic mass is 16.2. The topological polar surface area (TPSA) is 47.1 Å². The van der Waals surface area contributed by atoms with E-state index in [1.807, 2.05) is 147 Å². The van der Waals surface area contributed by atoms with E-state index in [1.165, 1.54) is 0 Å². The van der Waals surface area contributed by atoms with Crippen LogP contribution in [0.1, 0.15) is 70.7 Å². The molecule has 7 aromatic rings. The van der Waals surface area contributed by atoms with Gasteiger partial charge in [-0.25, -0.2) is 0 Å². The number of benzene rings is 7. The minimum atomic E-state index is -0.0749. The van der Waals surface area contributed by atoms with Crippen LogP contribution in [0.3, 0.4) is 0 Å². The first-order valence-electron chi connectivity index (χ1n) is 21.6. The third-order valence-corrected chi connectivity index (χ3v) is 11.1. The van der Waals surface area contributed by atoms with Crippen LogP contribution in [0.5, 0.6) is 0 Å². The lowest BCUT2D eigenvalue weighted by molar-refractivity contribution is 0.0760. The van der Waals surface area contributed by atoms with Crippen LogP contribution >= 0.6 is 0 Å². The molecule has 0 N–H and O–H groups in total. The van der Waals surface area contributed by atoms with E-state index in [-0.39, 0.29) is 11.8 Å². The van der Waals surface area contributed by atoms with Crippen LogP contribution < -0.4 is 9.80 Å². The number of hydrogen-bond acceptors (Lipinski definition) is 4. The van der Waals surface area contributed by atoms with Crippen molar-refractivity contribution >= 4 is 70.2 Å². The fraction of sp³-hybridized carbons (Fsp3) is 0.143. The molecule has 0 spiro atoms. The lowest BCUT2D eigenvalue weighted by atomic mass is 9.94. The van der Waals surface area contributed by atoms with Gasteiger partial charge in [0.2, 0.25) is 0 Å². The van der Waals surface area contributed by atoms with Crippen molar-refractivity contribution in [3.05, 3.63) is 215 Å². The highest BCUT2D eigenvalue weighted by molar-refractivity contribution is 6.05. The average Bonchev–Trinajstić information content (AvgIpc) is 3.33. The summed E-state index contributed by atoms with van der Waals surface area (Å²) in [4.78, 5) is 36.7. The van der Waals surface area contributed by atoms with Gasteiger partial charge in [0.1, 0.15) is 0 Å². The van der Waals surface area contributed by atoms with Gasteiger partial charge in [-0.15, -0.1) is 0 Å². The van der Waals surface area contributed by atoms with Gasteiger partial charge in [-0.1, -0.05) is 121 Å². The van der Waals surface area contributed by atoms with Gasteiger partial charge in [0.15, 0.2) is 0 Å². The Bertz CT molecular complexity index is 2320. The summed E-state index contributed by atoms with van der Waals surface area (Å²) in [5.41, 5.74) is 10.7. The molecule has 7 aromatic carbocycles. The van der Waals surface area contributed by atoms with Crippen LogP contribution in [-0.4, -0.2) is 47.8 Å². The maximum absolute atomic E-state index is 14.3. The monoisotopic (exact) mass is 814 g/mol. The molecule has 62 heavy (non-hydrogen) atoms. The first-order chi connectivity index (χ1) is 30.4. The summed E-state index contributed by atoms with van der Waals surface area (Å²) in [7, 11) is 0. The average molecular weight is 815 g/mol. The molecule has 0 aromatic heterocycles. The number of nitrogens with zero attached hydrogens (tertiary/aromatic N) is 4. The molecule has 0 atom stereocenters. The van der Waals surface area contributed by atoms with Gasteiger partial charge in [-0.05, 0) is 135 Å². The molecule has 6 nitrogen and oxygen atoms in total. The van der Waals surface area contributed by atoms with Crippen molar-refractivity contribution in [2.45, 2.75) is 27.7 Å². The highest BCUT2D eigenvalue weighted by Gasteiger charge is 2.23. The van der Waals surface area contributed by atoms with E-state index in [1.54, 1.807) is 0 Å². The number of amides is 2. The summed E-state index contributed by atoms with van der Waals surface area (Å²) in [5.74, 6) is -0.150. The standard InChI is InChI=1S/C56H54N4O2/c1-5-57(6-2)55(61)53-41-46(36-30-44-33-39-52(40-34-44)60(49-25-17-11-18-26-49)50-27-19-12-20-28-50)54(56(62)58(7-3)8-4)42-45(53)35-29-43-31-37-51(38-32-43)59(47-21-13-9-14-22-47)48-23-15-10-16-24-48/h9-42H,5-8H2,1-4H3/b35-29+,36-30+. The second-order valence-corrected chi connectivity index (χ2v) is 14.8. The summed E-state index contributed by atoms with van der Waals surface area (Å²) in [6.45, 7) is 10.2. The van der Waals surface area contributed by atoms with Crippen molar-refractivity contribution in [2.75, 3.05) is 36.0 Å². The van der Waals surface area contributed by atoms with Gasteiger partial charge >= 0.3 is 0 Å². The second-order valence-electron chi connectivity index (χ2n) is 14.8. The van der Waals surface area contributed by atoms with Crippen LogP contribution in [0.4, 0.5) is 34.1 Å². The molecule has 0 heterocycles. The van der Waals surface area contributed by atoms with E-state index in [0.29, 0.717) is 48.4 Å². The number of rotatable bonds is 16. The highest BCUT2D eigenvalue weighted by Crippen LogP contribution is 2.36. The van der Waals surface area contributed by atoms with Crippen molar-refractivity contribution in [3.8, 4) is 0 Å². The Kier molecular flexibility index (Phi) is 14.2. The van der Waals surface area contributed by atoms with E-state index < -0.39 is 0 Å². The summed E-state index contributed by atoms with van der Waals surface area (Å²) in [6.07, 6.45) is 7.97. The number of hydrogen-bond donors (Lipinski definition) is 0. The van der Waals surface area contributed by atoms with Gasteiger partial charge in [0.25, 0.3) is 11.8 Å². The van der Waals surface area contributed by atoms with Crippen LogP contribution in [0, 0.1) is 0 Å². The van der Waals surface area contributed by atoms with Crippen molar-refractivity contribution in [1.29, 1.82) is 0 Å². The lowest BCUT2D eigenvalue weighted by Crippen LogP contribution is -2.32. The molecule has 0 aliphatic rings. The predicted octanol–water partition coefficient (Wildman–Crippen LogP) is 13.9. The van der Waals surface area contributed by atoms with E-state index in [2.05, 4.69) is 107 Å². The van der Waals surface area contributed by atoms with Crippen molar-refractivity contribution in [1.82, 2.24) is 9.80 Å². The maximum Gasteiger partial charge on any atom is 0.254 e. The van der Waals surface area contributed by atoms with E-state index in [0.717, 1.165) is 45.3 Å². The smallest absolute Gasteiger partial charge is 0.254 e. The molecule has 310 valence electrons. The molecule has 0 unspecified atom stereocenters. The van der Waals surface area contributed by atoms with Crippen LogP contribution in [0.15, 0.2) is 182 Å². The van der Waals surface area contributed by atoms with E-state index in [4.69, 9.17) is 0 Å². The molecule has 0 radical (unpaired) electrons. The minimum Gasteiger partial charge on any atom is -0.339 e. The molecular formula is C56H54N4O2. The molecular weight excluding hydrogens is 761 g/mol. The molecule has 0 aliphatic carbocycles. The Morgan fingerprint density at radius 1 is 0.355 bits per heavy atom. The molecule has 0 fully saturated rings. The van der Waals surface area contributed by atoms with Crippen LogP contribution in [0.2, 0.25) is 0 Å². The molecule has 0 saturated carbocycles. The van der Waals surface area contributed by atoms with Crippen molar-refractivity contribution < 1.29 is 9.59 Å². The largest absolute Gasteiger partial charge is 0.339 e. The van der Waals surface area contributed by atoms with Gasteiger partial charge in [0, 0.05) is 71.4 Å². The third-order valence-electron chi connectivity index (χ3n) is 11.1. The fourth-order valence-corrected chi connectivity index (χ4v) is 7.69. The lowest BCUT2D eigenvalue weighted by Gasteiger charge is -2.25. The zero-order valence-electron chi connectivity index (χ0n) is 36.1. The first-order valence-corrected chi connectivity index (χ1v) is 21.6. The Labute approximate surface area is 367 Å². The molecule has 7 rings (SSSR count). The fourth-order valence-electron chi connectivity index (χ4n) is 7.69. The number of para-hydroxylation sites is 4. The van der Waals surface area contributed by atoms with Gasteiger partial charge < -0.3 is 19.6 Å². The Balaban J connectivity index is 1.25. The van der Waals surface area contributed by atoms with Gasteiger partial charge in [0.05, 0.1) is 0 Å².